The van der Waals surface area contributed by atoms with Gasteiger partial charge in [-0.25, -0.2) is 0 Å². The standard InChI is InChI=1S/C19H35N7/c1-20-19(21-7-4-9-25-10-5-8-23(2)12-13-25)26-11-6-17(16-26)18-14-22-24(3)15-18/h14-15,17H,4-13,16H2,1-3H3,(H,20,21). The second-order valence-electron chi connectivity index (χ2n) is 7.70. The van der Waals surface area contributed by atoms with Crippen LogP contribution in [-0.4, -0.2) is 96.9 Å². The van der Waals surface area contributed by atoms with Crippen molar-refractivity contribution < 1.29 is 0 Å². The van der Waals surface area contributed by atoms with Crippen LogP contribution < -0.4 is 5.32 Å². The number of aliphatic imine (C=N–C) groups is 1. The summed E-state index contributed by atoms with van der Waals surface area (Å²) >= 11 is 0. The molecule has 3 heterocycles. The molecule has 1 aromatic heterocycles. The van der Waals surface area contributed by atoms with Crippen molar-refractivity contribution >= 4 is 5.96 Å². The molecule has 0 aromatic carbocycles. The molecular weight excluding hydrogens is 326 g/mol. The lowest BCUT2D eigenvalue weighted by Crippen LogP contribution is -2.41. The third kappa shape index (κ3) is 5.20. The third-order valence-corrected chi connectivity index (χ3v) is 5.64. The molecule has 2 saturated heterocycles. The molecule has 0 bridgehead atoms. The van der Waals surface area contributed by atoms with Gasteiger partial charge in [-0.15, -0.1) is 0 Å². The van der Waals surface area contributed by atoms with Crippen molar-refractivity contribution in [3.8, 4) is 0 Å². The van der Waals surface area contributed by atoms with Gasteiger partial charge < -0.3 is 20.0 Å². The fourth-order valence-corrected chi connectivity index (χ4v) is 4.03. The van der Waals surface area contributed by atoms with Crippen LogP contribution in [0.15, 0.2) is 17.4 Å². The number of guanidine groups is 1. The molecule has 2 aliphatic rings. The number of nitrogens with zero attached hydrogens (tertiary/aromatic N) is 6. The van der Waals surface area contributed by atoms with E-state index in [0.29, 0.717) is 5.92 Å². The second kappa shape index (κ2) is 9.37. The number of aromatic nitrogens is 2. The van der Waals surface area contributed by atoms with E-state index in [0.717, 1.165) is 25.6 Å². The van der Waals surface area contributed by atoms with Gasteiger partial charge in [-0.2, -0.15) is 5.10 Å². The van der Waals surface area contributed by atoms with Crippen LogP contribution in [0.5, 0.6) is 0 Å². The minimum Gasteiger partial charge on any atom is -0.356 e. The van der Waals surface area contributed by atoms with E-state index in [1.807, 2.05) is 25.0 Å². The summed E-state index contributed by atoms with van der Waals surface area (Å²) in [7, 11) is 6.10. The van der Waals surface area contributed by atoms with E-state index in [2.05, 4.69) is 43.4 Å². The first-order valence-electron chi connectivity index (χ1n) is 10.0. The summed E-state index contributed by atoms with van der Waals surface area (Å²) in [4.78, 5) is 11.9. The molecule has 3 rings (SSSR count). The normalized spacial score (nSPS) is 23.4. The van der Waals surface area contributed by atoms with E-state index >= 15 is 0 Å². The van der Waals surface area contributed by atoms with Gasteiger partial charge in [-0.3, -0.25) is 9.67 Å². The SMILES string of the molecule is CN=C(NCCCN1CCCN(C)CC1)N1CCC(c2cnn(C)c2)C1. The van der Waals surface area contributed by atoms with Crippen molar-refractivity contribution in [1.29, 1.82) is 0 Å². The predicted octanol–water partition coefficient (Wildman–Crippen LogP) is 0.812. The summed E-state index contributed by atoms with van der Waals surface area (Å²) in [6.07, 6.45) is 7.78. The van der Waals surface area contributed by atoms with Crippen molar-refractivity contribution in [2.45, 2.75) is 25.2 Å². The van der Waals surface area contributed by atoms with E-state index < -0.39 is 0 Å². The molecule has 146 valence electrons. The summed E-state index contributed by atoms with van der Waals surface area (Å²) in [6, 6.07) is 0. The Morgan fingerprint density at radius 2 is 2.12 bits per heavy atom. The Kier molecular flexibility index (Phi) is 6.91. The quantitative estimate of drug-likeness (QED) is 0.478. The Bertz CT molecular complexity index is 582. The van der Waals surface area contributed by atoms with Gasteiger partial charge in [0.25, 0.3) is 0 Å². The largest absolute Gasteiger partial charge is 0.356 e. The van der Waals surface area contributed by atoms with Gasteiger partial charge in [-0.1, -0.05) is 0 Å². The number of likely N-dealkylation sites (tertiary alicyclic amines) is 1. The summed E-state index contributed by atoms with van der Waals surface area (Å²) in [5.74, 6) is 1.61. The van der Waals surface area contributed by atoms with Crippen LogP contribution in [0.25, 0.3) is 0 Å². The number of rotatable bonds is 5. The molecule has 1 N–H and O–H groups in total. The highest BCUT2D eigenvalue weighted by Crippen LogP contribution is 2.26. The van der Waals surface area contributed by atoms with Crippen LogP contribution >= 0.6 is 0 Å². The van der Waals surface area contributed by atoms with Crippen molar-refractivity contribution in [1.82, 2.24) is 29.8 Å². The lowest BCUT2D eigenvalue weighted by atomic mass is 10.0. The lowest BCUT2D eigenvalue weighted by Gasteiger charge is -2.23. The van der Waals surface area contributed by atoms with Crippen LogP contribution in [0.4, 0.5) is 0 Å². The average Bonchev–Trinajstić information content (AvgIpc) is 3.23. The fourth-order valence-electron chi connectivity index (χ4n) is 4.03. The molecule has 26 heavy (non-hydrogen) atoms. The number of hydrogen-bond acceptors (Lipinski definition) is 4. The minimum absolute atomic E-state index is 0.566. The highest BCUT2D eigenvalue weighted by Gasteiger charge is 2.26. The van der Waals surface area contributed by atoms with E-state index in [-0.39, 0.29) is 0 Å². The molecule has 0 saturated carbocycles. The second-order valence-corrected chi connectivity index (χ2v) is 7.70. The Hall–Kier alpha value is -1.60. The summed E-state index contributed by atoms with van der Waals surface area (Å²) < 4.78 is 1.89. The first-order chi connectivity index (χ1) is 12.7. The summed E-state index contributed by atoms with van der Waals surface area (Å²) in [5, 5.41) is 7.88. The lowest BCUT2D eigenvalue weighted by molar-refractivity contribution is 0.273. The average molecular weight is 362 g/mol. The van der Waals surface area contributed by atoms with Gasteiger partial charge in [-0.05, 0) is 51.5 Å². The molecule has 1 unspecified atom stereocenters. The Labute approximate surface area is 158 Å². The maximum absolute atomic E-state index is 4.50. The van der Waals surface area contributed by atoms with Gasteiger partial charge in [0, 0.05) is 58.9 Å². The first-order valence-corrected chi connectivity index (χ1v) is 10.0. The number of nitrogens with one attached hydrogen (secondary N) is 1. The van der Waals surface area contributed by atoms with Crippen molar-refractivity contribution in [3.63, 3.8) is 0 Å². The van der Waals surface area contributed by atoms with E-state index in [1.165, 1.54) is 57.5 Å². The predicted molar refractivity (Wildman–Crippen MR) is 107 cm³/mol. The van der Waals surface area contributed by atoms with Crippen LogP contribution in [0.3, 0.4) is 0 Å². The monoisotopic (exact) mass is 361 g/mol. The zero-order valence-electron chi connectivity index (χ0n) is 16.7. The Morgan fingerprint density at radius 3 is 2.88 bits per heavy atom. The van der Waals surface area contributed by atoms with Crippen LogP contribution in [0, 0.1) is 0 Å². The van der Waals surface area contributed by atoms with E-state index in [1.54, 1.807) is 0 Å². The molecule has 0 spiro atoms. The molecule has 0 aliphatic carbocycles. The van der Waals surface area contributed by atoms with Crippen LogP contribution in [-0.2, 0) is 7.05 Å². The Balaban J connectivity index is 1.38. The van der Waals surface area contributed by atoms with Crippen molar-refractivity contribution in [2.24, 2.45) is 12.0 Å². The highest BCUT2D eigenvalue weighted by atomic mass is 15.3. The molecule has 0 amide bonds. The number of aryl methyl sites for hydroxylation is 1. The van der Waals surface area contributed by atoms with Crippen LogP contribution in [0.1, 0.15) is 30.7 Å². The van der Waals surface area contributed by atoms with Crippen LogP contribution in [0.2, 0.25) is 0 Å². The van der Waals surface area contributed by atoms with Crippen molar-refractivity contribution in [2.75, 3.05) is 66.5 Å². The third-order valence-electron chi connectivity index (χ3n) is 5.64. The molecule has 7 nitrogen and oxygen atoms in total. The van der Waals surface area contributed by atoms with Gasteiger partial charge in [0.05, 0.1) is 6.20 Å². The fraction of sp³-hybridized carbons (Fsp3) is 0.789. The van der Waals surface area contributed by atoms with Gasteiger partial charge in [0.15, 0.2) is 5.96 Å². The van der Waals surface area contributed by atoms with Crippen molar-refractivity contribution in [3.05, 3.63) is 18.0 Å². The van der Waals surface area contributed by atoms with Gasteiger partial charge in [0.1, 0.15) is 0 Å². The maximum atomic E-state index is 4.50. The molecule has 1 aromatic rings. The molecule has 0 radical (unpaired) electrons. The molecule has 2 aliphatic heterocycles. The summed E-state index contributed by atoms with van der Waals surface area (Å²) in [5.41, 5.74) is 1.34. The zero-order valence-corrected chi connectivity index (χ0v) is 16.7. The zero-order chi connectivity index (χ0) is 18.4. The van der Waals surface area contributed by atoms with Gasteiger partial charge in [0.2, 0.25) is 0 Å². The topological polar surface area (TPSA) is 51.9 Å². The molecule has 7 heteroatoms. The number of hydrogen-bond donors (Lipinski definition) is 1. The first kappa shape index (κ1) is 19.2. The minimum atomic E-state index is 0.566. The van der Waals surface area contributed by atoms with E-state index in [9.17, 15) is 0 Å². The number of likely N-dealkylation sites (N-methyl/N-ethyl adjacent to an activating group) is 1. The smallest absolute Gasteiger partial charge is 0.193 e. The Morgan fingerprint density at radius 1 is 1.23 bits per heavy atom. The maximum Gasteiger partial charge on any atom is 0.193 e. The van der Waals surface area contributed by atoms with Gasteiger partial charge >= 0.3 is 0 Å². The summed E-state index contributed by atoms with van der Waals surface area (Å²) in [6.45, 7) is 9.12. The molecule has 2 fully saturated rings. The van der Waals surface area contributed by atoms with E-state index in [4.69, 9.17) is 0 Å². The molecule has 1 atom stereocenters. The highest BCUT2D eigenvalue weighted by molar-refractivity contribution is 5.80. The molecular formula is C19H35N7.